The van der Waals surface area contributed by atoms with Crippen molar-refractivity contribution in [3.05, 3.63) is 35.4 Å². The first-order valence-corrected chi connectivity index (χ1v) is 7.09. The number of likely N-dealkylation sites (N-methyl/N-ethyl adjacent to an activating group) is 1. The standard InChI is InChI=1S/C16H24N2O/c1-14-4-6-15(7-5-14)16(8-3-9-16)12-18(2)11-10-17-13-19/h4-7,13H,3,8-12H2,1-2H3,(H,17,19). The Balaban J connectivity index is 1.98. The highest BCUT2D eigenvalue weighted by Crippen LogP contribution is 2.44. The van der Waals surface area contributed by atoms with Crippen LogP contribution < -0.4 is 5.32 Å². The highest BCUT2D eigenvalue weighted by molar-refractivity contribution is 5.45. The normalized spacial score (nSPS) is 17.0. The third kappa shape index (κ3) is 3.35. The molecule has 0 heterocycles. The minimum atomic E-state index is 0.337. The minimum Gasteiger partial charge on any atom is -0.357 e. The molecule has 0 unspecified atom stereocenters. The Labute approximate surface area is 116 Å². The van der Waals surface area contributed by atoms with Crippen molar-refractivity contribution in [3.8, 4) is 0 Å². The highest BCUT2D eigenvalue weighted by atomic mass is 16.1. The molecule has 0 atom stereocenters. The molecule has 0 aromatic heterocycles. The molecule has 3 nitrogen and oxygen atoms in total. The first-order chi connectivity index (χ1) is 9.16. The molecule has 1 N–H and O–H groups in total. The van der Waals surface area contributed by atoms with Crippen molar-refractivity contribution in [2.45, 2.75) is 31.6 Å². The average Bonchev–Trinajstić information content (AvgIpc) is 2.35. The van der Waals surface area contributed by atoms with Crippen molar-refractivity contribution in [2.75, 3.05) is 26.7 Å². The molecule has 1 aliphatic rings. The van der Waals surface area contributed by atoms with Crippen LogP contribution in [0.3, 0.4) is 0 Å². The second-order valence-electron chi connectivity index (χ2n) is 5.81. The van der Waals surface area contributed by atoms with Crippen molar-refractivity contribution < 1.29 is 4.79 Å². The molecule has 19 heavy (non-hydrogen) atoms. The Morgan fingerprint density at radius 1 is 1.32 bits per heavy atom. The number of carbonyl (C=O) groups is 1. The summed E-state index contributed by atoms with van der Waals surface area (Å²) in [5.74, 6) is 0. The van der Waals surface area contributed by atoms with E-state index in [1.54, 1.807) is 0 Å². The van der Waals surface area contributed by atoms with E-state index >= 15 is 0 Å². The minimum absolute atomic E-state index is 0.337. The summed E-state index contributed by atoms with van der Waals surface area (Å²) >= 11 is 0. The van der Waals surface area contributed by atoms with E-state index in [2.05, 4.69) is 48.5 Å². The van der Waals surface area contributed by atoms with Crippen LogP contribution in [0.15, 0.2) is 24.3 Å². The van der Waals surface area contributed by atoms with E-state index in [1.807, 2.05) is 0 Å². The average molecular weight is 260 g/mol. The summed E-state index contributed by atoms with van der Waals surface area (Å²) in [4.78, 5) is 12.6. The van der Waals surface area contributed by atoms with E-state index in [-0.39, 0.29) is 0 Å². The molecule has 1 aromatic rings. The molecule has 1 aliphatic carbocycles. The van der Waals surface area contributed by atoms with Gasteiger partial charge in [0.05, 0.1) is 0 Å². The lowest BCUT2D eigenvalue weighted by Crippen LogP contribution is -2.45. The topological polar surface area (TPSA) is 32.3 Å². The maximum Gasteiger partial charge on any atom is 0.207 e. The van der Waals surface area contributed by atoms with Gasteiger partial charge in [0.2, 0.25) is 6.41 Å². The molecule has 0 radical (unpaired) electrons. The van der Waals surface area contributed by atoms with Crippen LogP contribution in [0.5, 0.6) is 0 Å². The smallest absolute Gasteiger partial charge is 0.207 e. The zero-order valence-corrected chi connectivity index (χ0v) is 12.0. The molecule has 0 bridgehead atoms. The largest absolute Gasteiger partial charge is 0.357 e. The molecule has 0 saturated heterocycles. The summed E-state index contributed by atoms with van der Waals surface area (Å²) in [6.07, 6.45) is 4.66. The predicted molar refractivity (Wildman–Crippen MR) is 78.3 cm³/mol. The monoisotopic (exact) mass is 260 g/mol. The summed E-state index contributed by atoms with van der Waals surface area (Å²) in [6.45, 7) is 4.85. The quantitative estimate of drug-likeness (QED) is 0.601. The van der Waals surface area contributed by atoms with Gasteiger partial charge in [-0.05, 0) is 32.4 Å². The lowest BCUT2D eigenvalue weighted by molar-refractivity contribution is -0.109. The first kappa shape index (κ1) is 14.1. The lowest BCUT2D eigenvalue weighted by atomic mass is 9.64. The fourth-order valence-electron chi connectivity index (χ4n) is 2.96. The third-order valence-electron chi connectivity index (χ3n) is 4.27. The number of aryl methyl sites for hydroxylation is 1. The van der Waals surface area contributed by atoms with Gasteiger partial charge in [-0.25, -0.2) is 0 Å². The molecule has 0 aliphatic heterocycles. The third-order valence-corrected chi connectivity index (χ3v) is 4.27. The number of benzene rings is 1. The van der Waals surface area contributed by atoms with Gasteiger partial charge in [-0.15, -0.1) is 0 Å². The molecule has 0 spiro atoms. The molecule has 1 aromatic carbocycles. The van der Waals surface area contributed by atoms with Crippen molar-refractivity contribution in [1.82, 2.24) is 10.2 Å². The molecular formula is C16H24N2O. The van der Waals surface area contributed by atoms with E-state index in [9.17, 15) is 4.79 Å². The number of nitrogens with one attached hydrogen (secondary N) is 1. The fourth-order valence-corrected chi connectivity index (χ4v) is 2.96. The van der Waals surface area contributed by atoms with Gasteiger partial charge in [-0.3, -0.25) is 4.79 Å². The first-order valence-electron chi connectivity index (χ1n) is 7.09. The maximum atomic E-state index is 10.3. The second kappa shape index (κ2) is 6.20. The second-order valence-corrected chi connectivity index (χ2v) is 5.81. The van der Waals surface area contributed by atoms with Gasteiger partial charge in [0, 0.05) is 25.0 Å². The van der Waals surface area contributed by atoms with Crippen LogP contribution >= 0.6 is 0 Å². The van der Waals surface area contributed by atoms with Crippen molar-refractivity contribution in [3.63, 3.8) is 0 Å². The van der Waals surface area contributed by atoms with Crippen LogP contribution in [0, 0.1) is 6.92 Å². The van der Waals surface area contributed by atoms with Crippen molar-refractivity contribution in [2.24, 2.45) is 0 Å². The van der Waals surface area contributed by atoms with Crippen LogP contribution in [0.4, 0.5) is 0 Å². The van der Waals surface area contributed by atoms with Crippen LogP contribution in [0.25, 0.3) is 0 Å². The summed E-state index contributed by atoms with van der Waals surface area (Å²) in [6, 6.07) is 8.99. The molecule has 104 valence electrons. The maximum absolute atomic E-state index is 10.3. The molecule has 3 heteroatoms. The van der Waals surface area contributed by atoms with E-state index < -0.39 is 0 Å². The Bertz CT molecular complexity index is 409. The summed E-state index contributed by atoms with van der Waals surface area (Å²) in [5.41, 5.74) is 3.13. The predicted octanol–water partition coefficient (Wildman–Crippen LogP) is 2.09. The lowest BCUT2D eigenvalue weighted by Gasteiger charge is -2.45. The number of hydrogen-bond donors (Lipinski definition) is 1. The van der Waals surface area contributed by atoms with Crippen molar-refractivity contribution in [1.29, 1.82) is 0 Å². The molecule has 1 fully saturated rings. The van der Waals surface area contributed by atoms with Gasteiger partial charge in [0.1, 0.15) is 0 Å². The van der Waals surface area contributed by atoms with Gasteiger partial charge in [0.25, 0.3) is 0 Å². The van der Waals surface area contributed by atoms with E-state index in [1.165, 1.54) is 30.4 Å². The van der Waals surface area contributed by atoms with Gasteiger partial charge in [-0.2, -0.15) is 0 Å². The van der Waals surface area contributed by atoms with Gasteiger partial charge in [-0.1, -0.05) is 36.2 Å². The van der Waals surface area contributed by atoms with E-state index in [0.29, 0.717) is 5.41 Å². The number of nitrogens with zero attached hydrogens (tertiary/aromatic N) is 1. The zero-order chi connectivity index (χ0) is 13.7. The van der Waals surface area contributed by atoms with Gasteiger partial charge >= 0.3 is 0 Å². The highest BCUT2D eigenvalue weighted by Gasteiger charge is 2.39. The Kier molecular flexibility index (Phi) is 4.59. The molecular weight excluding hydrogens is 236 g/mol. The van der Waals surface area contributed by atoms with Gasteiger partial charge < -0.3 is 10.2 Å². The van der Waals surface area contributed by atoms with E-state index in [0.717, 1.165) is 26.0 Å². The molecule has 2 rings (SSSR count). The van der Waals surface area contributed by atoms with Crippen LogP contribution in [0.2, 0.25) is 0 Å². The number of rotatable bonds is 7. The number of hydrogen-bond acceptors (Lipinski definition) is 2. The Morgan fingerprint density at radius 2 is 2.00 bits per heavy atom. The van der Waals surface area contributed by atoms with Crippen molar-refractivity contribution >= 4 is 6.41 Å². The van der Waals surface area contributed by atoms with Gasteiger partial charge in [0.15, 0.2) is 0 Å². The van der Waals surface area contributed by atoms with E-state index in [4.69, 9.17) is 0 Å². The number of carbonyl (C=O) groups excluding carboxylic acids is 1. The Hall–Kier alpha value is -1.35. The Morgan fingerprint density at radius 3 is 2.53 bits per heavy atom. The number of amides is 1. The molecule has 1 amide bonds. The zero-order valence-electron chi connectivity index (χ0n) is 12.0. The fraction of sp³-hybridized carbons (Fsp3) is 0.562. The van der Waals surface area contributed by atoms with Crippen LogP contribution in [-0.4, -0.2) is 38.0 Å². The molecule has 1 saturated carbocycles. The summed E-state index contributed by atoms with van der Waals surface area (Å²) in [7, 11) is 2.14. The van der Waals surface area contributed by atoms with Crippen LogP contribution in [-0.2, 0) is 10.2 Å². The van der Waals surface area contributed by atoms with Crippen LogP contribution in [0.1, 0.15) is 30.4 Å². The summed E-state index contributed by atoms with van der Waals surface area (Å²) < 4.78 is 0. The SMILES string of the molecule is Cc1ccc(C2(CN(C)CCNC=O)CCC2)cc1. The summed E-state index contributed by atoms with van der Waals surface area (Å²) in [5, 5.41) is 2.73.